The van der Waals surface area contributed by atoms with E-state index in [9.17, 15) is 13.4 Å². The largest absolute Gasteiger partial charge is 0.399 e. The molecule has 0 heterocycles. The molecule has 2 aromatic carbocycles. The Hall–Kier alpha value is -2.21. The van der Waals surface area contributed by atoms with Crippen molar-refractivity contribution in [2.24, 2.45) is 0 Å². The summed E-state index contributed by atoms with van der Waals surface area (Å²) in [7, 11) is -1.65. The second kappa shape index (κ2) is 6.49. The summed E-state index contributed by atoms with van der Waals surface area (Å²) in [5.74, 6) is -1.23. The Balaban J connectivity index is 2.03. The molecule has 0 fully saturated rings. The fourth-order valence-electron chi connectivity index (χ4n) is 1.84. The molecule has 0 aliphatic rings. The zero-order valence-electron chi connectivity index (χ0n) is 11.4. The van der Waals surface area contributed by atoms with Gasteiger partial charge in [-0.25, -0.2) is 4.39 Å². The SMILES string of the molecule is Cc1cccc(NC(=O)CS(=O)c2cc(N)cc(F)c2)c1. The van der Waals surface area contributed by atoms with Crippen molar-refractivity contribution in [3.05, 3.63) is 53.8 Å². The van der Waals surface area contributed by atoms with Crippen LogP contribution in [0.3, 0.4) is 0 Å². The first-order chi connectivity index (χ1) is 9.94. The maximum absolute atomic E-state index is 13.2. The van der Waals surface area contributed by atoms with Crippen molar-refractivity contribution in [2.45, 2.75) is 11.8 Å². The number of hydrogen-bond acceptors (Lipinski definition) is 3. The van der Waals surface area contributed by atoms with E-state index in [1.807, 2.05) is 19.1 Å². The minimum Gasteiger partial charge on any atom is -0.399 e. The summed E-state index contributed by atoms with van der Waals surface area (Å²) in [6, 6.07) is 10.9. The van der Waals surface area contributed by atoms with E-state index in [-0.39, 0.29) is 16.3 Å². The Labute approximate surface area is 124 Å². The van der Waals surface area contributed by atoms with Gasteiger partial charge in [0.15, 0.2) is 0 Å². The summed E-state index contributed by atoms with van der Waals surface area (Å²) < 4.78 is 25.2. The molecule has 6 heteroatoms. The first-order valence-corrected chi connectivity index (χ1v) is 7.57. The molecule has 0 spiro atoms. The molecule has 4 nitrogen and oxygen atoms in total. The molecule has 1 amide bonds. The number of benzene rings is 2. The Kier molecular flexibility index (Phi) is 4.70. The van der Waals surface area contributed by atoms with Gasteiger partial charge in [0, 0.05) is 16.3 Å². The lowest BCUT2D eigenvalue weighted by molar-refractivity contribution is -0.113. The molecule has 1 atom stereocenters. The summed E-state index contributed by atoms with van der Waals surface area (Å²) >= 11 is 0. The standard InChI is InChI=1S/C15H15FN2O2S/c1-10-3-2-4-13(5-10)18-15(19)9-21(20)14-7-11(16)6-12(17)8-14/h2-8H,9,17H2,1H3,(H,18,19). The van der Waals surface area contributed by atoms with Crippen LogP contribution in [0.1, 0.15) is 5.56 Å². The summed E-state index contributed by atoms with van der Waals surface area (Å²) in [6.45, 7) is 1.91. The van der Waals surface area contributed by atoms with Crippen LogP contribution in [0.5, 0.6) is 0 Å². The molecule has 0 aromatic heterocycles. The highest BCUT2D eigenvalue weighted by molar-refractivity contribution is 7.85. The number of nitrogens with one attached hydrogen (secondary N) is 1. The van der Waals surface area contributed by atoms with Crippen LogP contribution < -0.4 is 11.1 Å². The van der Waals surface area contributed by atoms with Gasteiger partial charge in [-0.15, -0.1) is 0 Å². The van der Waals surface area contributed by atoms with Crippen LogP contribution in [0, 0.1) is 12.7 Å². The number of nitrogens with two attached hydrogens (primary N) is 1. The van der Waals surface area contributed by atoms with Crippen LogP contribution in [0.4, 0.5) is 15.8 Å². The fraction of sp³-hybridized carbons (Fsp3) is 0.133. The van der Waals surface area contributed by atoms with Crippen molar-refractivity contribution >= 4 is 28.1 Å². The van der Waals surface area contributed by atoms with Gasteiger partial charge in [0.05, 0.1) is 10.8 Å². The summed E-state index contributed by atoms with van der Waals surface area (Å²) in [4.78, 5) is 12.0. The van der Waals surface area contributed by atoms with E-state index in [4.69, 9.17) is 5.73 Å². The molecular formula is C15H15FN2O2S. The third kappa shape index (κ3) is 4.39. The highest BCUT2D eigenvalue weighted by atomic mass is 32.2. The second-order valence-corrected chi connectivity index (χ2v) is 6.08. The first-order valence-electron chi connectivity index (χ1n) is 6.25. The molecule has 2 rings (SSSR count). The third-order valence-corrected chi connectivity index (χ3v) is 4.01. The number of anilines is 2. The highest BCUT2D eigenvalue weighted by Crippen LogP contribution is 2.15. The van der Waals surface area contributed by atoms with E-state index in [2.05, 4.69) is 5.32 Å². The molecule has 3 N–H and O–H groups in total. The lowest BCUT2D eigenvalue weighted by Gasteiger charge is -2.07. The average molecular weight is 306 g/mol. The van der Waals surface area contributed by atoms with E-state index in [1.54, 1.807) is 12.1 Å². The van der Waals surface area contributed by atoms with E-state index in [1.165, 1.54) is 6.07 Å². The molecule has 21 heavy (non-hydrogen) atoms. The molecule has 0 saturated heterocycles. The molecule has 0 aliphatic carbocycles. The third-order valence-electron chi connectivity index (χ3n) is 2.72. The Morgan fingerprint density at radius 1 is 1.29 bits per heavy atom. The molecule has 1 unspecified atom stereocenters. The van der Waals surface area contributed by atoms with E-state index < -0.39 is 22.5 Å². The van der Waals surface area contributed by atoms with Gasteiger partial charge in [-0.05, 0) is 42.8 Å². The quantitative estimate of drug-likeness (QED) is 0.852. The number of amides is 1. The number of carbonyl (C=O) groups excluding carboxylic acids is 1. The maximum Gasteiger partial charge on any atom is 0.237 e. The summed E-state index contributed by atoms with van der Waals surface area (Å²) in [5.41, 5.74) is 7.31. The van der Waals surface area contributed by atoms with Crippen molar-refractivity contribution in [3.63, 3.8) is 0 Å². The maximum atomic E-state index is 13.2. The Morgan fingerprint density at radius 3 is 2.71 bits per heavy atom. The van der Waals surface area contributed by atoms with Crippen molar-refractivity contribution < 1.29 is 13.4 Å². The van der Waals surface area contributed by atoms with Crippen molar-refractivity contribution in [1.82, 2.24) is 0 Å². The van der Waals surface area contributed by atoms with Crippen LogP contribution in [-0.4, -0.2) is 15.9 Å². The average Bonchev–Trinajstić information content (AvgIpc) is 2.37. The molecule has 0 radical (unpaired) electrons. The molecule has 2 aromatic rings. The zero-order valence-corrected chi connectivity index (χ0v) is 12.2. The molecule has 0 saturated carbocycles. The number of halogens is 1. The van der Waals surface area contributed by atoms with Gasteiger partial charge in [0.25, 0.3) is 0 Å². The van der Waals surface area contributed by atoms with Gasteiger partial charge in [-0.2, -0.15) is 0 Å². The van der Waals surface area contributed by atoms with Crippen molar-refractivity contribution in [2.75, 3.05) is 16.8 Å². The van der Waals surface area contributed by atoms with Crippen molar-refractivity contribution in [3.8, 4) is 0 Å². The minimum atomic E-state index is -1.65. The predicted molar refractivity (Wildman–Crippen MR) is 81.9 cm³/mol. The number of aryl methyl sites for hydroxylation is 1. The number of carbonyl (C=O) groups is 1. The molecule has 110 valence electrons. The van der Waals surface area contributed by atoms with Crippen LogP contribution in [0.15, 0.2) is 47.4 Å². The summed E-state index contributed by atoms with van der Waals surface area (Å²) in [5, 5.41) is 2.66. The smallest absolute Gasteiger partial charge is 0.237 e. The monoisotopic (exact) mass is 306 g/mol. The number of rotatable bonds is 4. The lowest BCUT2D eigenvalue weighted by Crippen LogP contribution is -2.19. The molecule has 0 bridgehead atoms. The highest BCUT2D eigenvalue weighted by Gasteiger charge is 2.12. The zero-order chi connectivity index (χ0) is 15.4. The topological polar surface area (TPSA) is 72.2 Å². The van der Waals surface area contributed by atoms with Crippen LogP contribution in [-0.2, 0) is 15.6 Å². The lowest BCUT2D eigenvalue weighted by atomic mass is 10.2. The second-order valence-electron chi connectivity index (χ2n) is 4.63. The van der Waals surface area contributed by atoms with Gasteiger partial charge in [-0.1, -0.05) is 12.1 Å². The summed E-state index contributed by atoms with van der Waals surface area (Å²) in [6.07, 6.45) is 0. The fourth-order valence-corrected chi connectivity index (χ4v) is 2.83. The van der Waals surface area contributed by atoms with E-state index in [0.717, 1.165) is 17.7 Å². The van der Waals surface area contributed by atoms with Crippen LogP contribution in [0.2, 0.25) is 0 Å². The van der Waals surface area contributed by atoms with Crippen LogP contribution in [0.25, 0.3) is 0 Å². The first kappa shape index (κ1) is 15.2. The van der Waals surface area contributed by atoms with Gasteiger partial charge >= 0.3 is 0 Å². The van der Waals surface area contributed by atoms with Crippen molar-refractivity contribution in [1.29, 1.82) is 0 Å². The molecule has 0 aliphatic heterocycles. The predicted octanol–water partition coefficient (Wildman–Crippen LogP) is 2.46. The Morgan fingerprint density at radius 2 is 2.05 bits per heavy atom. The normalized spacial score (nSPS) is 11.9. The van der Waals surface area contributed by atoms with Gasteiger partial charge in [0.1, 0.15) is 11.6 Å². The molecular weight excluding hydrogens is 291 g/mol. The minimum absolute atomic E-state index is 0.178. The van der Waals surface area contributed by atoms with Gasteiger partial charge < -0.3 is 11.1 Å². The number of nitrogen functional groups attached to an aromatic ring is 1. The van der Waals surface area contributed by atoms with E-state index >= 15 is 0 Å². The van der Waals surface area contributed by atoms with Crippen LogP contribution >= 0.6 is 0 Å². The van der Waals surface area contributed by atoms with E-state index in [0.29, 0.717) is 5.69 Å². The number of hydrogen-bond donors (Lipinski definition) is 2. The Bertz CT molecular complexity index is 684. The van der Waals surface area contributed by atoms with Gasteiger partial charge in [0.2, 0.25) is 5.91 Å². The van der Waals surface area contributed by atoms with Gasteiger partial charge in [-0.3, -0.25) is 9.00 Å².